The highest BCUT2D eigenvalue weighted by Crippen LogP contribution is 2.31. The molecule has 0 aliphatic rings. The van der Waals surface area contributed by atoms with E-state index in [9.17, 15) is 4.79 Å². The molecule has 154 valence electrons. The predicted octanol–water partition coefficient (Wildman–Crippen LogP) is 4.20. The van der Waals surface area contributed by atoms with Gasteiger partial charge in [0.15, 0.2) is 11.5 Å². The zero-order chi connectivity index (χ0) is 20.0. The molecule has 2 unspecified atom stereocenters. The molecule has 6 heteroatoms. The quantitative estimate of drug-likeness (QED) is 0.688. The first-order valence-electron chi connectivity index (χ1n) is 9.21. The topological polar surface area (TPSA) is 73.6 Å². The summed E-state index contributed by atoms with van der Waals surface area (Å²) >= 11 is 0. The van der Waals surface area contributed by atoms with Crippen LogP contribution in [0, 0.1) is 5.92 Å². The van der Waals surface area contributed by atoms with Crippen molar-refractivity contribution >= 4 is 18.3 Å². The van der Waals surface area contributed by atoms with Crippen molar-refractivity contribution in [3.63, 3.8) is 0 Å². The van der Waals surface area contributed by atoms with E-state index >= 15 is 0 Å². The largest absolute Gasteiger partial charge is 0.493 e. The first-order chi connectivity index (χ1) is 12.8. The third-order valence-electron chi connectivity index (χ3n) is 4.45. The van der Waals surface area contributed by atoms with Gasteiger partial charge < -0.3 is 20.5 Å². The summed E-state index contributed by atoms with van der Waals surface area (Å²) in [5.74, 6) is 1.53. The van der Waals surface area contributed by atoms with Gasteiger partial charge in [-0.25, -0.2) is 0 Å². The fraction of sp³-hybridized carbons (Fsp3) is 0.409. The van der Waals surface area contributed by atoms with Crippen LogP contribution in [0.5, 0.6) is 11.5 Å². The number of ether oxygens (including phenoxy) is 2. The molecule has 0 heterocycles. The van der Waals surface area contributed by atoms with Crippen molar-refractivity contribution in [3.05, 3.63) is 59.7 Å². The van der Waals surface area contributed by atoms with E-state index in [-0.39, 0.29) is 24.4 Å². The van der Waals surface area contributed by atoms with Crippen molar-refractivity contribution in [2.45, 2.75) is 39.3 Å². The van der Waals surface area contributed by atoms with Crippen LogP contribution in [-0.4, -0.2) is 19.6 Å². The van der Waals surface area contributed by atoms with Crippen LogP contribution >= 0.6 is 12.4 Å². The Hall–Kier alpha value is -2.24. The second-order valence-electron chi connectivity index (χ2n) is 7.38. The standard InChI is InChI=1S/C22H30N2O3.ClH/c1-15(2)14-27-19-12-11-17(13-20(19)26-5)16(3)24-21(25)22(4,23)18-9-7-6-8-10-18;/h6-13,15-16H,14,23H2,1-5H3,(H,24,25);1H. The van der Waals surface area contributed by atoms with E-state index in [1.807, 2.05) is 55.5 Å². The lowest BCUT2D eigenvalue weighted by molar-refractivity contribution is -0.126. The third-order valence-corrected chi connectivity index (χ3v) is 4.45. The minimum Gasteiger partial charge on any atom is -0.493 e. The molecule has 5 nitrogen and oxygen atoms in total. The summed E-state index contributed by atoms with van der Waals surface area (Å²) in [5, 5.41) is 3.00. The number of hydrogen-bond donors (Lipinski definition) is 2. The van der Waals surface area contributed by atoms with Crippen molar-refractivity contribution in [2.75, 3.05) is 13.7 Å². The Morgan fingerprint density at radius 2 is 1.75 bits per heavy atom. The number of rotatable bonds is 8. The Labute approximate surface area is 174 Å². The Morgan fingerprint density at radius 1 is 1.11 bits per heavy atom. The highest BCUT2D eigenvalue weighted by Gasteiger charge is 2.31. The number of hydrogen-bond acceptors (Lipinski definition) is 4. The molecule has 2 aromatic carbocycles. The molecule has 2 aromatic rings. The molecular formula is C22H31ClN2O3. The molecule has 0 spiro atoms. The molecule has 1 amide bonds. The molecule has 28 heavy (non-hydrogen) atoms. The SMILES string of the molecule is COc1cc(C(C)NC(=O)C(C)(N)c2ccccc2)ccc1OCC(C)C.Cl. The van der Waals surface area contributed by atoms with E-state index in [0.29, 0.717) is 24.0 Å². The number of nitrogens with two attached hydrogens (primary N) is 1. The highest BCUT2D eigenvalue weighted by molar-refractivity contribution is 5.87. The molecule has 0 aliphatic carbocycles. The Bertz CT molecular complexity index is 764. The predicted molar refractivity (Wildman–Crippen MR) is 115 cm³/mol. The van der Waals surface area contributed by atoms with Gasteiger partial charge in [-0.05, 0) is 43.0 Å². The maximum atomic E-state index is 12.8. The lowest BCUT2D eigenvalue weighted by Crippen LogP contribution is -2.49. The van der Waals surface area contributed by atoms with Crippen LogP contribution < -0.4 is 20.5 Å². The fourth-order valence-corrected chi connectivity index (χ4v) is 2.67. The van der Waals surface area contributed by atoms with Crippen LogP contribution in [0.4, 0.5) is 0 Å². The highest BCUT2D eigenvalue weighted by atomic mass is 35.5. The Morgan fingerprint density at radius 3 is 2.32 bits per heavy atom. The zero-order valence-electron chi connectivity index (χ0n) is 17.2. The molecule has 0 saturated heterocycles. The number of methoxy groups -OCH3 is 1. The number of amides is 1. The van der Waals surface area contributed by atoms with Crippen molar-refractivity contribution < 1.29 is 14.3 Å². The maximum Gasteiger partial charge on any atom is 0.244 e. The van der Waals surface area contributed by atoms with Gasteiger partial charge in [-0.3, -0.25) is 4.79 Å². The fourth-order valence-electron chi connectivity index (χ4n) is 2.67. The molecule has 3 N–H and O–H groups in total. The smallest absolute Gasteiger partial charge is 0.244 e. The molecule has 0 aromatic heterocycles. The number of carbonyl (C=O) groups is 1. The molecule has 0 bridgehead atoms. The van der Waals surface area contributed by atoms with E-state index in [1.165, 1.54) is 0 Å². The average molecular weight is 407 g/mol. The van der Waals surface area contributed by atoms with Crippen LogP contribution in [0.25, 0.3) is 0 Å². The summed E-state index contributed by atoms with van der Waals surface area (Å²) in [6.07, 6.45) is 0. The molecule has 0 saturated carbocycles. The van der Waals surface area contributed by atoms with Crippen molar-refractivity contribution in [3.8, 4) is 11.5 Å². The van der Waals surface area contributed by atoms with Gasteiger partial charge in [0.2, 0.25) is 5.91 Å². The van der Waals surface area contributed by atoms with Gasteiger partial charge in [-0.1, -0.05) is 50.2 Å². The minimum absolute atomic E-state index is 0. The summed E-state index contributed by atoms with van der Waals surface area (Å²) in [7, 11) is 1.61. The van der Waals surface area contributed by atoms with E-state index < -0.39 is 5.54 Å². The number of halogens is 1. The molecular weight excluding hydrogens is 376 g/mol. The Kier molecular flexibility index (Phi) is 8.79. The summed E-state index contributed by atoms with van der Waals surface area (Å²) in [6.45, 7) is 8.44. The van der Waals surface area contributed by atoms with Crippen LogP contribution in [0.15, 0.2) is 48.5 Å². The van der Waals surface area contributed by atoms with Crippen molar-refractivity contribution in [1.82, 2.24) is 5.32 Å². The Balaban J connectivity index is 0.00000392. The van der Waals surface area contributed by atoms with Crippen molar-refractivity contribution in [1.29, 1.82) is 0 Å². The van der Waals surface area contributed by atoms with Gasteiger partial charge in [0.05, 0.1) is 19.8 Å². The van der Waals surface area contributed by atoms with Gasteiger partial charge in [0.1, 0.15) is 5.54 Å². The molecule has 0 fully saturated rings. The zero-order valence-corrected chi connectivity index (χ0v) is 18.0. The lowest BCUT2D eigenvalue weighted by Gasteiger charge is -2.27. The molecule has 2 rings (SSSR count). The normalized spacial score (nSPS) is 13.8. The second-order valence-corrected chi connectivity index (χ2v) is 7.38. The number of benzene rings is 2. The van der Waals surface area contributed by atoms with E-state index in [1.54, 1.807) is 14.0 Å². The first-order valence-corrected chi connectivity index (χ1v) is 9.21. The summed E-state index contributed by atoms with van der Waals surface area (Å²) in [4.78, 5) is 12.8. The van der Waals surface area contributed by atoms with Crippen LogP contribution in [0.1, 0.15) is 44.9 Å². The van der Waals surface area contributed by atoms with Crippen LogP contribution in [-0.2, 0) is 10.3 Å². The molecule has 0 radical (unpaired) electrons. The van der Waals surface area contributed by atoms with Gasteiger partial charge in [-0.2, -0.15) is 0 Å². The number of carbonyl (C=O) groups excluding carboxylic acids is 1. The van der Waals surface area contributed by atoms with Gasteiger partial charge in [0.25, 0.3) is 0 Å². The molecule has 0 aliphatic heterocycles. The second kappa shape index (κ2) is 10.3. The van der Waals surface area contributed by atoms with Crippen LogP contribution in [0.2, 0.25) is 0 Å². The van der Waals surface area contributed by atoms with E-state index in [4.69, 9.17) is 15.2 Å². The number of nitrogens with one attached hydrogen (secondary N) is 1. The maximum absolute atomic E-state index is 12.8. The summed E-state index contributed by atoms with van der Waals surface area (Å²) in [5.41, 5.74) is 6.87. The summed E-state index contributed by atoms with van der Waals surface area (Å²) in [6, 6.07) is 14.8. The monoisotopic (exact) mass is 406 g/mol. The third kappa shape index (κ3) is 5.88. The van der Waals surface area contributed by atoms with E-state index in [2.05, 4.69) is 19.2 Å². The minimum atomic E-state index is -1.11. The van der Waals surface area contributed by atoms with Crippen molar-refractivity contribution in [2.24, 2.45) is 11.7 Å². The van der Waals surface area contributed by atoms with Crippen LogP contribution in [0.3, 0.4) is 0 Å². The van der Waals surface area contributed by atoms with Gasteiger partial charge in [0, 0.05) is 0 Å². The average Bonchev–Trinajstić information content (AvgIpc) is 2.66. The first kappa shape index (κ1) is 23.8. The molecule has 2 atom stereocenters. The van der Waals surface area contributed by atoms with Gasteiger partial charge >= 0.3 is 0 Å². The summed E-state index contributed by atoms with van der Waals surface area (Å²) < 4.78 is 11.2. The lowest BCUT2D eigenvalue weighted by atomic mass is 9.91. The van der Waals surface area contributed by atoms with E-state index in [0.717, 1.165) is 11.1 Å². The van der Waals surface area contributed by atoms with Gasteiger partial charge in [-0.15, -0.1) is 12.4 Å².